The molecule has 0 radical (unpaired) electrons. The predicted molar refractivity (Wildman–Crippen MR) is 91.1 cm³/mol. The summed E-state index contributed by atoms with van der Waals surface area (Å²) in [6, 6.07) is 5.70. The highest BCUT2D eigenvalue weighted by atomic mass is 35.5. The van der Waals surface area contributed by atoms with Crippen molar-refractivity contribution in [2.75, 3.05) is 13.2 Å². The summed E-state index contributed by atoms with van der Waals surface area (Å²) >= 11 is 5.33. The van der Waals surface area contributed by atoms with E-state index in [0.29, 0.717) is 11.3 Å². The molecule has 1 N–H and O–H groups in total. The SMILES string of the molecule is CC(CNC(=O)c1ccc(-c2noc(C(F)(F)F)n2)cc1)=NOC/C=C\Cl. The van der Waals surface area contributed by atoms with Gasteiger partial charge < -0.3 is 14.7 Å². The Bertz CT molecular complexity index is 832. The van der Waals surface area contributed by atoms with Crippen LogP contribution in [-0.2, 0) is 11.0 Å². The van der Waals surface area contributed by atoms with Gasteiger partial charge >= 0.3 is 12.1 Å². The minimum absolute atomic E-state index is 0.158. The standard InChI is InChI=1S/C16H14ClF3N4O3/c1-10(23-26-8-2-7-17)9-21-14(25)12-5-3-11(4-6-12)13-22-15(27-24-13)16(18,19)20/h2-7H,8-9H2,1H3,(H,21,25)/b7-2-,23-10?. The molecule has 0 atom stereocenters. The molecule has 0 saturated carbocycles. The molecule has 1 heterocycles. The van der Waals surface area contributed by atoms with E-state index in [0.717, 1.165) is 0 Å². The fourth-order valence-electron chi connectivity index (χ4n) is 1.80. The molecule has 144 valence electrons. The van der Waals surface area contributed by atoms with Gasteiger partial charge in [0.2, 0.25) is 5.82 Å². The summed E-state index contributed by atoms with van der Waals surface area (Å²) in [7, 11) is 0. The topological polar surface area (TPSA) is 89.6 Å². The van der Waals surface area contributed by atoms with Gasteiger partial charge in [-0.3, -0.25) is 4.79 Å². The van der Waals surface area contributed by atoms with Gasteiger partial charge in [-0.05, 0) is 25.1 Å². The van der Waals surface area contributed by atoms with Crippen molar-refractivity contribution in [2.45, 2.75) is 13.1 Å². The summed E-state index contributed by atoms with van der Waals surface area (Å²) < 4.78 is 41.6. The smallest absolute Gasteiger partial charge is 0.392 e. The Morgan fingerprint density at radius 3 is 2.67 bits per heavy atom. The molecule has 11 heteroatoms. The number of carbonyl (C=O) groups excluding carboxylic acids is 1. The van der Waals surface area contributed by atoms with E-state index in [1.165, 1.54) is 29.8 Å². The normalized spacial score (nSPS) is 12.4. The van der Waals surface area contributed by atoms with Crippen molar-refractivity contribution in [3.8, 4) is 11.4 Å². The van der Waals surface area contributed by atoms with Gasteiger partial charge in [-0.2, -0.15) is 18.2 Å². The number of nitrogens with zero attached hydrogens (tertiary/aromatic N) is 3. The van der Waals surface area contributed by atoms with Crippen molar-refractivity contribution < 1.29 is 27.3 Å². The van der Waals surface area contributed by atoms with Crippen LogP contribution in [0.15, 0.2) is 45.6 Å². The number of amides is 1. The Balaban J connectivity index is 1.94. The minimum atomic E-state index is -4.71. The lowest BCUT2D eigenvalue weighted by atomic mass is 10.1. The second-order valence-corrected chi connectivity index (χ2v) is 5.42. The van der Waals surface area contributed by atoms with Crippen LogP contribution >= 0.6 is 11.6 Å². The molecule has 0 aliphatic carbocycles. The zero-order valence-electron chi connectivity index (χ0n) is 14.0. The van der Waals surface area contributed by atoms with Crippen molar-refractivity contribution in [1.29, 1.82) is 0 Å². The van der Waals surface area contributed by atoms with Crippen LogP contribution < -0.4 is 5.32 Å². The molecule has 27 heavy (non-hydrogen) atoms. The van der Waals surface area contributed by atoms with Gasteiger partial charge in [0.1, 0.15) is 6.61 Å². The fourth-order valence-corrected chi connectivity index (χ4v) is 1.87. The van der Waals surface area contributed by atoms with Gasteiger partial charge in [0.15, 0.2) is 0 Å². The molecule has 7 nitrogen and oxygen atoms in total. The third-order valence-corrected chi connectivity index (χ3v) is 3.24. The van der Waals surface area contributed by atoms with Crippen LogP contribution in [-0.4, -0.2) is 34.9 Å². The molecule has 0 bridgehead atoms. The molecule has 1 aromatic carbocycles. The summed E-state index contributed by atoms with van der Waals surface area (Å²) in [4.78, 5) is 20.3. The number of oxime groups is 1. The Hall–Kier alpha value is -2.88. The highest BCUT2D eigenvalue weighted by Gasteiger charge is 2.38. The third-order valence-electron chi connectivity index (χ3n) is 3.06. The van der Waals surface area contributed by atoms with Gasteiger partial charge in [0.05, 0.1) is 12.3 Å². The van der Waals surface area contributed by atoms with Crippen LogP contribution in [0.4, 0.5) is 13.2 Å². The van der Waals surface area contributed by atoms with Gasteiger partial charge in [0.25, 0.3) is 5.91 Å². The van der Waals surface area contributed by atoms with Crippen LogP contribution in [0.2, 0.25) is 0 Å². The van der Waals surface area contributed by atoms with Gasteiger partial charge in [-0.25, -0.2) is 0 Å². The van der Waals surface area contributed by atoms with E-state index in [9.17, 15) is 18.0 Å². The number of aromatic nitrogens is 2. The van der Waals surface area contributed by atoms with Gasteiger partial charge in [-0.15, -0.1) is 0 Å². The zero-order chi connectivity index (χ0) is 19.9. The lowest BCUT2D eigenvalue weighted by Crippen LogP contribution is -2.28. The second kappa shape index (κ2) is 9.17. The lowest BCUT2D eigenvalue weighted by Gasteiger charge is -2.05. The minimum Gasteiger partial charge on any atom is -0.392 e. The third kappa shape index (κ3) is 6.10. The molecule has 0 aliphatic rings. The van der Waals surface area contributed by atoms with Crippen molar-refractivity contribution in [3.63, 3.8) is 0 Å². The van der Waals surface area contributed by atoms with E-state index >= 15 is 0 Å². The number of alkyl halides is 3. The van der Waals surface area contributed by atoms with Crippen molar-refractivity contribution in [2.24, 2.45) is 5.16 Å². The Morgan fingerprint density at radius 2 is 2.07 bits per heavy atom. The maximum absolute atomic E-state index is 12.5. The Kier molecular flexibility index (Phi) is 6.94. The first-order valence-electron chi connectivity index (χ1n) is 7.51. The average molecular weight is 403 g/mol. The van der Waals surface area contributed by atoms with E-state index in [2.05, 4.69) is 25.1 Å². The summed E-state index contributed by atoms with van der Waals surface area (Å²) in [6.45, 7) is 2.04. The zero-order valence-corrected chi connectivity index (χ0v) is 14.7. The van der Waals surface area contributed by atoms with E-state index in [4.69, 9.17) is 16.4 Å². The first kappa shape index (κ1) is 20.4. The molecule has 2 rings (SSSR count). The first-order chi connectivity index (χ1) is 12.8. The van der Waals surface area contributed by atoms with Crippen molar-refractivity contribution in [3.05, 3.63) is 47.3 Å². The summed E-state index contributed by atoms with van der Waals surface area (Å²) in [5.41, 5.74) is 2.42. The number of rotatable bonds is 7. The van der Waals surface area contributed by atoms with Crippen LogP contribution in [0, 0.1) is 0 Å². The number of benzene rings is 1. The molecule has 0 saturated heterocycles. The first-order valence-corrected chi connectivity index (χ1v) is 7.95. The van der Waals surface area contributed by atoms with Crippen molar-refractivity contribution >= 4 is 23.2 Å². The molecular weight excluding hydrogens is 389 g/mol. The van der Waals surface area contributed by atoms with Gasteiger partial charge in [-0.1, -0.05) is 34.0 Å². The fraction of sp³-hybridized carbons (Fsp3) is 0.250. The number of carbonyl (C=O) groups is 1. The van der Waals surface area contributed by atoms with Crippen LogP contribution in [0.1, 0.15) is 23.2 Å². The largest absolute Gasteiger partial charge is 0.471 e. The van der Waals surface area contributed by atoms with Crippen molar-refractivity contribution in [1.82, 2.24) is 15.5 Å². The number of hydrogen-bond acceptors (Lipinski definition) is 6. The van der Waals surface area contributed by atoms with Crippen LogP contribution in [0.25, 0.3) is 11.4 Å². The molecule has 0 fully saturated rings. The lowest BCUT2D eigenvalue weighted by molar-refractivity contribution is -0.159. The second-order valence-electron chi connectivity index (χ2n) is 5.16. The van der Waals surface area contributed by atoms with E-state index in [1.807, 2.05) is 0 Å². The molecule has 2 aromatic rings. The maximum Gasteiger partial charge on any atom is 0.471 e. The molecule has 0 aliphatic heterocycles. The van der Waals surface area contributed by atoms with E-state index in [-0.39, 0.29) is 30.4 Å². The molecule has 0 spiro atoms. The summed E-state index contributed by atoms with van der Waals surface area (Å²) in [5, 5.41) is 9.69. The van der Waals surface area contributed by atoms with E-state index < -0.39 is 12.1 Å². The summed E-state index contributed by atoms with van der Waals surface area (Å²) in [5.74, 6) is -2.04. The van der Waals surface area contributed by atoms with Gasteiger partial charge in [0, 0.05) is 16.7 Å². The number of halogens is 4. The quantitative estimate of drug-likeness (QED) is 0.434. The van der Waals surface area contributed by atoms with E-state index in [1.54, 1.807) is 13.0 Å². The monoisotopic (exact) mass is 402 g/mol. The Morgan fingerprint density at radius 1 is 1.37 bits per heavy atom. The molecule has 1 aromatic heterocycles. The molecule has 1 amide bonds. The Labute approximate surface area is 156 Å². The molecule has 0 unspecified atom stereocenters. The molecular formula is C16H14ClF3N4O3. The predicted octanol–water partition coefficient (Wildman–Crippen LogP) is 3.63. The average Bonchev–Trinajstić information content (AvgIpc) is 3.14. The maximum atomic E-state index is 12.5. The highest BCUT2D eigenvalue weighted by molar-refractivity contribution is 6.25. The van der Waals surface area contributed by atoms with Crippen LogP contribution in [0.5, 0.6) is 0 Å². The highest BCUT2D eigenvalue weighted by Crippen LogP contribution is 2.29. The van der Waals surface area contributed by atoms with Crippen LogP contribution in [0.3, 0.4) is 0 Å². The number of nitrogens with one attached hydrogen (secondary N) is 1. The number of hydrogen-bond donors (Lipinski definition) is 1. The summed E-state index contributed by atoms with van der Waals surface area (Å²) in [6.07, 6.45) is -3.16.